The Hall–Kier alpha value is -7.40. The van der Waals surface area contributed by atoms with Crippen molar-refractivity contribution in [2.75, 3.05) is 26.4 Å². The number of nitrogens with zero attached hydrogens (tertiary/aromatic N) is 4. The molecule has 0 saturated heterocycles. The van der Waals surface area contributed by atoms with Crippen molar-refractivity contribution < 1.29 is 18.9 Å². The van der Waals surface area contributed by atoms with Gasteiger partial charge in [-0.05, 0) is 22.3 Å². The minimum atomic E-state index is 0.0471. The fourth-order valence-corrected chi connectivity index (χ4v) is 10.7. The second kappa shape index (κ2) is 19.0. The molecule has 8 aromatic rings. The van der Waals surface area contributed by atoms with Gasteiger partial charge in [-0.2, -0.15) is 0 Å². The Bertz CT molecular complexity index is 2950. The Labute approximate surface area is 389 Å². The molecule has 4 atom stereocenters. The van der Waals surface area contributed by atoms with Crippen LogP contribution in [0.4, 0.5) is 0 Å². The molecule has 0 aliphatic carbocycles. The highest BCUT2D eigenvalue weighted by molar-refractivity contribution is 7.10. The molecule has 6 aromatic carbocycles. The van der Waals surface area contributed by atoms with Gasteiger partial charge in [-0.25, -0.2) is 20.0 Å². The zero-order chi connectivity index (χ0) is 44.1. The van der Waals surface area contributed by atoms with Gasteiger partial charge in [0.15, 0.2) is 0 Å². The molecule has 0 saturated carbocycles. The van der Waals surface area contributed by atoms with Gasteiger partial charge in [0.05, 0.1) is 0 Å². The first kappa shape index (κ1) is 41.3. The van der Waals surface area contributed by atoms with Crippen LogP contribution in [0.3, 0.4) is 0 Å². The van der Waals surface area contributed by atoms with Gasteiger partial charge in [0.1, 0.15) is 50.6 Å². The maximum Gasteiger partial charge on any atom is 0.210 e. The monoisotopic (exact) mass is 900 g/mol. The van der Waals surface area contributed by atoms with Gasteiger partial charge in [-0.1, -0.05) is 170 Å². The third kappa shape index (κ3) is 9.11. The van der Waals surface area contributed by atoms with Gasteiger partial charge in [0.2, 0.25) is 23.6 Å². The van der Waals surface area contributed by atoms with Crippen molar-refractivity contribution in [3.8, 4) is 0 Å². The van der Waals surface area contributed by atoms with Crippen molar-refractivity contribution in [1.29, 1.82) is 0 Å². The van der Waals surface area contributed by atoms with Gasteiger partial charge in [-0.15, -0.1) is 22.7 Å². The minimum Gasteiger partial charge on any atom is -0.475 e. The van der Waals surface area contributed by atoms with Crippen LogP contribution in [-0.2, 0) is 18.9 Å². The largest absolute Gasteiger partial charge is 0.475 e. The second-order valence-electron chi connectivity index (χ2n) is 16.1. The summed E-state index contributed by atoms with van der Waals surface area (Å²) in [7, 11) is 0. The summed E-state index contributed by atoms with van der Waals surface area (Å²) < 4.78 is 28.2. The summed E-state index contributed by atoms with van der Waals surface area (Å²) in [4.78, 5) is 19.2. The third-order valence-electron chi connectivity index (χ3n) is 11.8. The molecule has 10 heteroatoms. The van der Waals surface area contributed by atoms with E-state index in [4.69, 9.17) is 38.9 Å². The zero-order valence-corrected chi connectivity index (χ0v) is 37.5. The predicted molar refractivity (Wildman–Crippen MR) is 270 cm³/mol. The van der Waals surface area contributed by atoms with Crippen molar-refractivity contribution >= 4 is 92.1 Å². The molecular formula is C56H44N4O4S2. The van der Waals surface area contributed by atoms with Crippen LogP contribution in [0.25, 0.3) is 45.8 Å². The van der Waals surface area contributed by atoms with Crippen LogP contribution in [0.15, 0.2) is 190 Å². The first-order chi connectivity index (χ1) is 32.7. The van der Waals surface area contributed by atoms with E-state index in [1.807, 2.05) is 72.8 Å². The van der Waals surface area contributed by atoms with E-state index in [-0.39, 0.29) is 24.2 Å². The second-order valence-corrected chi connectivity index (χ2v) is 18.3. The molecule has 4 aliphatic rings. The molecule has 0 N–H and O–H groups in total. The summed E-state index contributed by atoms with van der Waals surface area (Å²) in [5.41, 5.74) is 4.70. The lowest BCUT2D eigenvalue weighted by Gasteiger charge is -2.03. The molecular weight excluding hydrogens is 857 g/mol. The highest BCUT2D eigenvalue weighted by atomic mass is 32.1. The maximum absolute atomic E-state index is 5.92. The van der Waals surface area contributed by atoms with Gasteiger partial charge in [-0.3, -0.25) is 0 Å². The molecule has 0 bridgehead atoms. The SMILES string of the molecule is C(/C1=N[C@@H](c2ccccc2)CO1)=c1/s/c(=C\C2=N[C@@H](c3ccccc3)CO2)c2ccccc12.C(/C1=N[C@@H](c2ccccc2)CO1)=c1/s/c(=C\C2=N[C@@H](c3ccccc3)CO2)c2ccccc12. The number of hydrogen-bond donors (Lipinski definition) is 0. The van der Waals surface area contributed by atoms with Crippen LogP contribution in [0.2, 0.25) is 0 Å². The molecule has 4 aliphatic heterocycles. The first-order valence-electron chi connectivity index (χ1n) is 22.1. The lowest BCUT2D eigenvalue weighted by Crippen LogP contribution is -2.03. The van der Waals surface area contributed by atoms with E-state index in [0.717, 1.165) is 18.1 Å². The fraction of sp³-hybridized carbons (Fsp3) is 0.143. The summed E-state index contributed by atoms with van der Waals surface area (Å²) in [6.45, 7) is 2.29. The number of thiophene rings is 2. The predicted octanol–water partition coefficient (Wildman–Crippen LogP) is 9.60. The average molecular weight is 901 g/mol. The molecule has 0 amide bonds. The lowest BCUT2D eigenvalue weighted by atomic mass is 10.1. The molecule has 0 radical (unpaired) electrons. The van der Waals surface area contributed by atoms with Gasteiger partial charge in [0.25, 0.3) is 0 Å². The molecule has 6 heterocycles. The number of benzene rings is 6. The molecule has 12 rings (SSSR count). The van der Waals surface area contributed by atoms with E-state index in [9.17, 15) is 0 Å². The first-order valence-corrected chi connectivity index (χ1v) is 23.7. The smallest absolute Gasteiger partial charge is 0.210 e. The molecule has 324 valence electrons. The maximum atomic E-state index is 5.92. The Balaban J connectivity index is 0.000000146. The summed E-state index contributed by atoms with van der Waals surface area (Å²) in [6, 6.07) is 58.2. The quantitative estimate of drug-likeness (QED) is 0.152. The average Bonchev–Trinajstić information content (AvgIpc) is 4.27. The number of ether oxygens (including phenoxy) is 4. The molecule has 66 heavy (non-hydrogen) atoms. The topological polar surface area (TPSA) is 86.4 Å². The summed E-state index contributed by atoms with van der Waals surface area (Å²) in [5, 5.41) is 4.73. The van der Waals surface area contributed by atoms with Crippen LogP contribution in [0, 0.1) is 0 Å². The Kier molecular flexibility index (Phi) is 11.9. The van der Waals surface area contributed by atoms with Crippen LogP contribution in [-0.4, -0.2) is 50.0 Å². The van der Waals surface area contributed by atoms with Crippen molar-refractivity contribution in [3.63, 3.8) is 0 Å². The van der Waals surface area contributed by atoms with Crippen molar-refractivity contribution in [2.45, 2.75) is 24.2 Å². The number of fused-ring (bicyclic) bond motifs is 2. The number of aliphatic imine (C=N–C) groups is 4. The van der Waals surface area contributed by atoms with E-state index in [1.54, 1.807) is 22.7 Å². The Morgan fingerprint density at radius 1 is 0.303 bits per heavy atom. The molecule has 8 nitrogen and oxygen atoms in total. The van der Waals surface area contributed by atoms with Crippen LogP contribution in [0.1, 0.15) is 46.4 Å². The third-order valence-corrected chi connectivity index (χ3v) is 14.0. The summed E-state index contributed by atoms with van der Waals surface area (Å²) in [6.07, 6.45) is 8.21. The zero-order valence-electron chi connectivity index (χ0n) is 35.9. The van der Waals surface area contributed by atoms with E-state index in [0.29, 0.717) is 50.0 Å². The van der Waals surface area contributed by atoms with Crippen molar-refractivity contribution in [2.24, 2.45) is 20.0 Å². The number of rotatable bonds is 8. The van der Waals surface area contributed by atoms with Crippen LogP contribution in [0.5, 0.6) is 0 Å². The highest BCUT2D eigenvalue weighted by Crippen LogP contribution is 2.27. The molecule has 0 fully saturated rings. The van der Waals surface area contributed by atoms with Gasteiger partial charge >= 0.3 is 0 Å². The van der Waals surface area contributed by atoms with E-state index < -0.39 is 0 Å². The Morgan fingerprint density at radius 3 is 0.742 bits per heavy atom. The van der Waals surface area contributed by atoms with E-state index in [2.05, 4.69) is 121 Å². The highest BCUT2D eigenvalue weighted by Gasteiger charge is 2.23. The van der Waals surface area contributed by atoms with Crippen molar-refractivity contribution in [1.82, 2.24) is 0 Å². The van der Waals surface area contributed by atoms with E-state index in [1.165, 1.54) is 43.8 Å². The lowest BCUT2D eigenvalue weighted by molar-refractivity contribution is 0.323. The van der Waals surface area contributed by atoms with E-state index >= 15 is 0 Å². The van der Waals surface area contributed by atoms with Gasteiger partial charge in [0, 0.05) is 64.0 Å². The number of hydrogen-bond acceptors (Lipinski definition) is 10. The fourth-order valence-electron chi connectivity index (χ4n) is 8.43. The van der Waals surface area contributed by atoms with Crippen LogP contribution < -0.4 is 18.1 Å². The molecule has 0 unspecified atom stereocenters. The molecule has 2 aromatic heterocycles. The Morgan fingerprint density at radius 2 is 0.515 bits per heavy atom. The molecule has 0 spiro atoms. The summed E-state index contributed by atoms with van der Waals surface area (Å²) in [5.74, 6) is 2.73. The minimum absolute atomic E-state index is 0.0471. The van der Waals surface area contributed by atoms with Crippen molar-refractivity contribution in [3.05, 3.63) is 210 Å². The summed E-state index contributed by atoms with van der Waals surface area (Å²) >= 11 is 3.42. The normalized spacial score (nSPS) is 21.1. The van der Waals surface area contributed by atoms with Gasteiger partial charge < -0.3 is 18.9 Å². The van der Waals surface area contributed by atoms with Crippen LogP contribution >= 0.6 is 22.7 Å². The standard InChI is InChI=1S/2C28H22N2O2S/c2*1-3-9-19(10-4-1)23-17-31-27(29-23)15-25-21-13-7-8-14-22(21)26(33-25)16-28-30-24(18-32-28)20-11-5-2-6-12-20/h2*1-16,23-24H,17-18H2/b2*25-15-,26-16-/t2*23-,24-/m11/s1.